The van der Waals surface area contributed by atoms with E-state index in [0.29, 0.717) is 36.0 Å². The largest absolute Gasteiger partial charge is 0.383 e. The van der Waals surface area contributed by atoms with E-state index >= 15 is 0 Å². The zero-order valence-corrected chi connectivity index (χ0v) is 18.0. The number of carbonyl (C=O) groups is 1. The predicted octanol–water partition coefficient (Wildman–Crippen LogP) is 2.51. The minimum Gasteiger partial charge on any atom is -0.383 e. The van der Waals surface area contributed by atoms with Crippen LogP contribution in [0, 0.1) is 6.92 Å². The first-order chi connectivity index (χ1) is 13.8. The van der Waals surface area contributed by atoms with Crippen molar-refractivity contribution in [3.05, 3.63) is 52.8 Å². The summed E-state index contributed by atoms with van der Waals surface area (Å²) in [5.74, 6) is -0.179. The van der Waals surface area contributed by atoms with Crippen LogP contribution < -0.4 is 0 Å². The minimum absolute atomic E-state index is 0.0119. The Morgan fingerprint density at radius 1 is 1.38 bits per heavy atom. The number of para-hydroxylation sites is 1. The maximum atomic E-state index is 12.8. The van der Waals surface area contributed by atoms with Crippen molar-refractivity contribution in [3.8, 4) is 5.69 Å². The molecule has 156 valence electrons. The molecule has 1 aromatic heterocycles. The molecule has 0 spiro atoms. The molecule has 0 N–H and O–H groups in total. The Balaban J connectivity index is 1.82. The lowest BCUT2D eigenvalue weighted by Gasteiger charge is -2.26. The smallest absolute Gasteiger partial charge is 0.246 e. The van der Waals surface area contributed by atoms with Gasteiger partial charge in [0.2, 0.25) is 5.91 Å². The standard InChI is InChI=1S/C20H24ClN3O4S/c1-15-18(20(21)24(22-15)16-6-4-3-5-7-16)8-9-19(25)23(11-12-28-2)17-10-13-29(26,27)14-17/h3-9,17H,10-14H2,1-2H3/b9-8+. The van der Waals surface area contributed by atoms with Crippen LogP contribution in [0.2, 0.25) is 5.15 Å². The lowest BCUT2D eigenvalue weighted by Crippen LogP contribution is -2.42. The number of hydrogen-bond acceptors (Lipinski definition) is 5. The lowest BCUT2D eigenvalue weighted by molar-refractivity contribution is -0.128. The first kappa shape index (κ1) is 21.5. The highest BCUT2D eigenvalue weighted by molar-refractivity contribution is 7.91. The monoisotopic (exact) mass is 437 g/mol. The molecule has 0 bridgehead atoms. The van der Waals surface area contributed by atoms with Crippen LogP contribution in [0.15, 0.2) is 36.4 Å². The lowest BCUT2D eigenvalue weighted by atomic mass is 10.2. The normalized spacial score (nSPS) is 18.4. The van der Waals surface area contributed by atoms with Crippen molar-refractivity contribution < 1.29 is 17.9 Å². The predicted molar refractivity (Wildman–Crippen MR) is 113 cm³/mol. The maximum absolute atomic E-state index is 12.8. The Kier molecular flexibility index (Phi) is 6.77. The van der Waals surface area contributed by atoms with Gasteiger partial charge in [0, 0.05) is 31.3 Å². The fourth-order valence-corrected chi connectivity index (χ4v) is 5.44. The van der Waals surface area contributed by atoms with Gasteiger partial charge in [0.05, 0.1) is 29.5 Å². The van der Waals surface area contributed by atoms with Gasteiger partial charge in [-0.2, -0.15) is 5.10 Å². The van der Waals surface area contributed by atoms with E-state index in [1.165, 1.54) is 6.08 Å². The van der Waals surface area contributed by atoms with Gasteiger partial charge in [-0.25, -0.2) is 13.1 Å². The quantitative estimate of drug-likeness (QED) is 0.621. The SMILES string of the molecule is COCCN(C(=O)/C=C/c1c(C)nn(-c2ccccc2)c1Cl)C1CCS(=O)(=O)C1. The molecule has 1 atom stereocenters. The summed E-state index contributed by atoms with van der Waals surface area (Å²) >= 11 is 6.50. The van der Waals surface area contributed by atoms with Crippen LogP contribution in [0.4, 0.5) is 0 Å². The van der Waals surface area contributed by atoms with Crippen molar-refractivity contribution in [3.63, 3.8) is 0 Å². The summed E-state index contributed by atoms with van der Waals surface area (Å²) in [6.45, 7) is 2.49. The molecule has 0 saturated carbocycles. The highest BCUT2D eigenvalue weighted by Gasteiger charge is 2.33. The van der Waals surface area contributed by atoms with Crippen molar-refractivity contribution in [2.45, 2.75) is 19.4 Å². The van der Waals surface area contributed by atoms with Crippen LogP contribution in [-0.4, -0.2) is 66.8 Å². The van der Waals surface area contributed by atoms with Crippen LogP contribution >= 0.6 is 11.6 Å². The molecule has 7 nitrogen and oxygen atoms in total. The van der Waals surface area contributed by atoms with Gasteiger partial charge in [0.1, 0.15) is 5.15 Å². The number of halogens is 1. The van der Waals surface area contributed by atoms with Crippen molar-refractivity contribution in [1.82, 2.24) is 14.7 Å². The number of aromatic nitrogens is 2. The third-order valence-corrected chi connectivity index (χ3v) is 7.02. The van der Waals surface area contributed by atoms with E-state index in [1.807, 2.05) is 37.3 Å². The molecule has 0 aliphatic carbocycles. The van der Waals surface area contributed by atoms with Gasteiger partial charge in [0.25, 0.3) is 0 Å². The first-order valence-corrected chi connectivity index (χ1v) is 11.5. The van der Waals surface area contributed by atoms with Gasteiger partial charge < -0.3 is 9.64 Å². The van der Waals surface area contributed by atoms with Crippen LogP contribution in [0.5, 0.6) is 0 Å². The molecule has 1 saturated heterocycles. The average molecular weight is 438 g/mol. The summed E-state index contributed by atoms with van der Waals surface area (Å²) in [7, 11) is -1.55. The van der Waals surface area contributed by atoms with Gasteiger partial charge in [-0.1, -0.05) is 29.8 Å². The van der Waals surface area contributed by atoms with Crippen molar-refractivity contribution in [2.24, 2.45) is 0 Å². The summed E-state index contributed by atoms with van der Waals surface area (Å²) < 4.78 is 30.4. The van der Waals surface area contributed by atoms with Crippen LogP contribution in [0.3, 0.4) is 0 Å². The zero-order valence-electron chi connectivity index (χ0n) is 16.4. The van der Waals surface area contributed by atoms with Gasteiger partial charge in [-0.05, 0) is 31.6 Å². The fourth-order valence-electron chi connectivity index (χ4n) is 3.37. The molecule has 1 aromatic carbocycles. The van der Waals surface area contributed by atoms with Gasteiger partial charge in [0.15, 0.2) is 9.84 Å². The summed E-state index contributed by atoms with van der Waals surface area (Å²) in [6, 6.07) is 9.14. The zero-order chi connectivity index (χ0) is 21.0. The highest BCUT2D eigenvalue weighted by Crippen LogP contribution is 2.25. The molecule has 29 heavy (non-hydrogen) atoms. The Labute approximate surface area is 175 Å². The second-order valence-electron chi connectivity index (χ2n) is 6.95. The Morgan fingerprint density at radius 3 is 2.72 bits per heavy atom. The number of amides is 1. The Hall–Kier alpha value is -2.16. The second-order valence-corrected chi connectivity index (χ2v) is 9.54. The number of rotatable bonds is 7. The van der Waals surface area contributed by atoms with Crippen LogP contribution in [0.25, 0.3) is 11.8 Å². The van der Waals surface area contributed by atoms with E-state index in [0.717, 1.165) is 5.69 Å². The summed E-state index contributed by atoms with van der Waals surface area (Å²) in [4.78, 5) is 14.4. The topological polar surface area (TPSA) is 81.5 Å². The molecule has 1 unspecified atom stereocenters. The summed E-state index contributed by atoms with van der Waals surface area (Å²) in [5, 5.41) is 4.87. The van der Waals surface area contributed by atoms with Crippen LogP contribution in [-0.2, 0) is 19.4 Å². The molecule has 1 aliphatic heterocycles. The van der Waals surface area contributed by atoms with E-state index in [1.54, 1.807) is 22.8 Å². The van der Waals surface area contributed by atoms with Gasteiger partial charge >= 0.3 is 0 Å². The second kappa shape index (κ2) is 9.11. The number of ether oxygens (including phenoxy) is 1. The van der Waals surface area contributed by atoms with Gasteiger partial charge in [-0.3, -0.25) is 4.79 Å². The van der Waals surface area contributed by atoms with E-state index in [4.69, 9.17) is 16.3 Å². The Bertz CT molecular complexity index is 1000. The van der Waals surface area contributed by atoms with E-state index in [9.17, 15) is 13.2 Å². The summed E-state index contributed by atoms with van der Waals surface area (Å²) in [6.07, 6.45) is 3.50. The third kappa shape index (κ3) is 5.07. The number of nitrogens with zero attached hydrogens (tertiary/aromatic N) is 3. The van der Waals surface area contributed by atoms with E-state index < -0.39 is 9.84 Å². The molecular weight excluding hydrogens is 414 g/mol. The molecule has 9 heteroatoms. The number of methoxy groups -OCH3 is 1. The molecule has 1 amide bonds. The van der Waals surface area contributed by atoms with E-state index in [2.05, 4.69) is 5.10 Å². The van der Waals surface area contributed by atoms with Crippen molar-refractivity contribution >= 4 is 33.4 Å². The number of aryl methyl sites for hydroxylation is 1. The number of hydrogen-bond donors (Lipinski definition) is 0. The molecule has 2 heterocycles. The van der Waals surface area contributed by atoms with Crippen molar-refractivity contribution in [2.75, 3.05) is 31.8 Å². The fraction of sp³-hybridized carbons (Fsp3) is 0.400. The van der Waals surface area contributed by atoms with Gasteiger partial charge in [-0.15, -0.1) is 0 Å². The molecule has 2 aromatic rings. The molecule has 1 aliphatic rings. The minimum atomic E-state index is -3.10. The van der Waals surface area contributed by atoms with Crippen molar-refractivity contribution in [1.29, 1.82) is 0 Å². The summed E-state index contributed by atoms with van der Waals surface area (Å²) in [5.41, 5.74) is 2.16. The molecule has 3 rings (SSSR count). The Morgan fingerprint density at radius 2 is 2.10 bits per heavy atom. The molecule has 1 fully saturated rings. The molecule has 0 radical (unpaired) electrons. The first-order valence-electron chi connectivity index (χ1n) is 9.31. The van der Waals surface area contributed by atoms with E-state index in [-0.39, 0.29) is 23.5 Å². The maximum Gasteiger partial charge on any atom is 0.246 e. The number of carbonyl (C=O) groups excluding carboxylic acids is 1. The average Bonchev–Trinajstić information content (AvgIpc) is 3.19. The molecular formula is C20H24ClN3O4S. The number of sulfone groups is 1. The highest BCUT2D eigenvalue weighted by atomic mass is 35.5. The third-order valence-electron chi connectivity index (χ3n) is 4.91. The number of benzene rings is 1. The van der Waals surface area contributed by atoms with Crippen LogP contribution in [0.1, 0.15) is 17.7 Å².